The van der Waals surface area contributed by atoms with E-state index in [1.807, 2.05) is 36.7 Å². The SMILES string of the molecule is CCCCc1ccc(O)c(C=NC2CCC(N=Cc3cc(CCCC)ccc3O)C2)c1. The van der Waals surface area contributed by atoms with E-state index in [0.29, 0.717) is 0 Å². The first-order chi connectivity index (χ1) is 15.1. The fraction of sp³-hybridized carbons (Fsp3) is 0.481. The van der Waals surface area contributed by atoms with E-state index in [1.165, 1.54) is 11.1 Å². The zero-order chi connectivity index (χ0) is 22.1. The van der Waals surface area contributed by atoms with Crippen molar-refractivity contribution in [2.24, 2.45) is 9.98 Å². The van der Waals surface area contributed by atoms with Crippen molar-refractivity contribution in [2.75, 3.05) is 0 Å². The first-order valence-electron chi connectivity index (χ1n) is 11.8. The molecule has 2 aromatic carbocycles. The predicted molar refractivity (Wildman–Crippen MR) is 130 cm³/mol. The maximum absolute atomic E-state index is 10.2. The molecule has 0 radical (unpaired) electrons. The molecule has 1 aliphatic rings. The molecule has 1 saturated carbocycles. The third kappa shape index (κ3) is 6.95. The van der Waals surface area contributed by atoms with Crippen LogP contribution in [0.5, 0.6) is 11.5 Å². The van der Waals surface area contributed by atoms with Gasteiger partial charge in [-0.3, -0.25) is 9.98 Å². The Balaban J connectivity index is 1.58. The van der Waals surface area contributed by atoms with Gasteiger partial charge in [0.05, 0.1) is 12.1 Å². The monoisotopic (exact) mass is 420 g/mol. The number of aryl methyl sites for hydroxylation is 2. The van der Waals surface area contributed by atoms with Crippen molar-refractivity contribution in [1.29, 1.82) is 0 Å². The lowest BCUT2D eigenvalue weighted by molar-refractivity contribution is 0.473. The highest BCUT2D eigenvalue weighted by Gasteiger charge is 2.23. The van der Waals surface area contributed by atoms with E-state index in [-0.39, 0.29) is 23.6 Å². The van der Waals surface area contributed by atoms with Crippen LogP contribution in [-0.2, 0) is 12.8 Å². The normalized spacial score (nSPS) is 19.0. The molecule has 3 rings (SSSR count). The van der Waals surface area contributed by atoms with Gasteiger partial charge in [0.15, 0.2) is 0 Å². The van der Waals surface area contributed by atoms with E-state index in [1.54, 1.807) is 12.1 Å². The van der Waals surface area contributed by atoms with Gasteiger partial charge in [0.1, 0.15) is 11.5 Å². The first kappa shape index (κ1) is 23.1. The van der Waals surface area contributed by atoms with Crippen molar-refractivity contribution in [1.82, 2.24) is 0 Å². The Morgan fingerprint density at radius 2 is 1.23 bits per heavy atom. The minimum Gasteiger partial charge on any atom is -0.507 e. The molecule has 166 valence electrons. The van der Waals surface area contributed by atoms with Crippen LogP contribution in [0.25, 0.3) is 0 Å². The van der Waals surface area contributed by atoms with Crippen molar-refractivity contribution in [3.8, 4) is 11.5 Å². The number of unbranched alkanes of at least 4 members (excludes halogenated alkanes) is 2. The zero-order valence-electron chi connectivity index (χ0n) is 18.9. The van der Waals surface area contributed by atoms with Crippen LogP contribution in [-0.4, -0.2) is 34.7 Å². The third-order valence-corrected chi connectivity index (χ3v) is 6.05. The van der Waals surface area contributed by atoms with E-state index < -0.39 is 0 Å². The van der Waals surface area contributed by atoms with Crippen molar-refractivity contribution < 1.29 is 10.2 Å². The van der Waals surface area contributed by atoms with Crippen LogP contribution >= 0.6 is 0 Å². The van der Waals surface area contributed by atoms with Gasteiger partial charge < -0.3 is 10.2 Å². The molecule has 0 spiro atoms. The van der Waals surface area contributed by atoms with Crippen LogP contribution in [0, 0.1) is 0 Å². The van der Waals surface area contributed by atoms with Crippen LogP contribution in [0.15, 0.2) is 46.4 Å². The Morgan fingerprint density at radius 3 is 1.65 bits per heavy atom. The molecule has 0 aliphatic heterocycles. The van der Waals surface area contributed by atoms with E-state index >= 15 is 0 Å². The second-order valence-corrected chi connectivity index (χ2v) is 8.67. The third-order valence-electron chi connectivity index (χ3n) is 6.05. The van der Waals surface area contributed by atoms with Gasteiger partial charge in [-0.1, -0.05) is 38.8 Å². The Hall–Kier alpha value is -2.62. The average Bonchev–Trinajstić information content (AvgIpc) is 3.24. The molecule has 0 bridgehead atoms. The molecule has 0 amide bonds. The van der Waals surface area contributed by atoms with E-state index in [4.69, 9.17) is 9.98 Å². The van der Waals surface area contributed by atoms with Crippen molar-refractivity contribution in [3.63, 3.8) is 0 Å². The molecule has 31 heavy (non-hydrogen) atoms. The number of nitrogens with zero attached hydrogens (tertiary/aromatic N) is 2. The van der Waals surface area contributed by atoms with Crippen LogP contribution in [0.1, 0.15) is 81.0 Å². The van der Waals surface area contributed by atoms with Crippen molar-refractivity contribution >= 4 is 12.4 Å². The Morgan fingerprint density at radius 1 is 0.774 bits per heavy atom. The minimum atomic E-state index is 0.227. The number of rotatable bonds is 10. The lowest BCUT2D eigenvalue weighted by atomic mass is 10.0. The second kappa shape index (κ2) is 11.7. The van der Waals surface area contributed by atoms with E-state index in [0.717, 1.165) is 68.9 Å². The van der Waals surface area contributed by atoms with Crippen LogP contribution in [0.3, 0.4) is 0 Å². The topological polar surface area (TPSA) is 65.2 Å². The van der Waals surface area contributed by atoms with Crippen LogP contribution < -0.4 is 0 Å². The van der Waals surface area contributed by atoms with Crippen LogP contribution in [0.2, 0.25) is 0 Å². The zero-order valence-corrected chi connectivity index (χ0v) is 18.9. The summed E-state index contributed by atoms with van der Waals surface area (Å²) in [6, 6.07) is 12.1. The summed E-state index contributed by atoms with van der Waals surface area (Å²) >= 11 is 0. The number of hydrogen-bond donors (Lipinski definition) is 2. The van der Waals surface area contributed by atoms with Gasteiger partial charge in [0.2, 0.25) is 0 Å². The summed E-state index contributed by atoms with van der Waals surface area (Å²) < 4.78 is 0. The Kier molecular flexibility index (Phi) is 8.69. The predicted octanol–water partition coefficient (Wildman–Crippen LogP) is 6.24. The van der Waals surface area contributed by atoms with E-state index in [9.17, 15) is 10.2 Å². The molecule has 4 nitrogen and oxygen atoms in total. The van der Waals surface area contributed by atoms with Crippen molar-refractivity contribution in [2.45, 2.75) is 83.7 Å². The van der Waals surface area contributed by atoms with Gasteiger partial charge in [0.25, 0.3) is 0 Å². The first-order valence-corrected chi connectivity index (χ1v) is 11.8. The number of hydrogen-bond acceptors (Lipinski definition) is 4. The summed E-state index contributed by atoms with van der Waals surface area (Å²) in [6.07, 6.45) is 13.2. The molecule has 1 aliphatic carbocycles. The van der Waals surface area contributed by atoms with Crippen LogP contribution in [0.4, 0.5) is 0 Å². The lowest BCUT2D eigenvalue weighted by Crippen LogP contribution is -2.03. The summed E-state index contributed by atoms with van der Waals surface area (Å²) in [5, 5.41) is 20.3. The number of aliphatic imine (C=N–C) groups is 2. The largest absolute Gasteiger partial charge is 0.507 e. The maximum atomic E-state index is 10.2. The molecule has 0 aromatic heterocycles. The maximum Gasteiger partial charge on any atom is 0.124 e. The quantitative estimate of drug-likeness (QED) is 0.447. The number of phenolic OH excluding ortho intramolecular Hbond substituents is 2. The molecule has 1 fully saturated rings. The van der Waals surface area contributed by atoms with E-state index in [2.05, 4.69) is 13.8 Å². The Bertz CT molecular complexity index is 831. The molecule has 4 heteroatoms. The molecule has 2 unspecified atom stereocenters. The molecule has 0 saturated heterocycles. The summed E-state index contributed by atoms with van der Waals surface area (Å²) in [6.45, 7) is 4.37. The smallest absolute Gasteiger partial charge is 0.124 e. The molecule has 0 heterocycles. The highest BCUT2D eigenvalue weighted by Crippen LogP contribution is 2.26. The molecular formula is C27H36N2O2. The average molecular weight is 421 g/mol. The van der Waals surface area contributed by atoms with Gasteiger partial charge in [-0.05, 0) is 80.3 Å². The minimum absolute atomic E-state index is 0.227. The van der Waals surface area contributed by atoms with Gasteiger partial charge >= 0.3 is 0 Å². The highest BCUT2D eigenvalue weighted by molar-refractivity contribution is 5.84. The summed E-state index contributed by atoms with van der Waals surface area (Å²) in [5.74, 6) is 0.574. The number of phenols is 2. The summed E-state index contributed by atoms with van der Waals surface area (Å²) in [7, 11) is 0. The lowest BCUT2D eigenvalue weighted by Gasteiger charge is -2.07. The highest BCUT2D eigenvalue weighted by atomic mass is 16.3. The molecule has 2 N–H and O–H groups in total. The molecular weight excluding hydrogens is 384 g/mol. The Labute approximate surface area is 186 Å². The van der Waals surface area contributed by atoms with Gasteiger partial charge in [-0.2, -0.15) is 0 Å². The number of benzene rings is 2. The van der Waals surface area contributed by atoms with Gasteiger partial charge in [-0.25, -0.2) is 0 Å². The van der Waals surface area contributed by atoms with Crippen molar-refractivity contribution in [3.05, 3.63) is 58.7 Å². The standard InChI is InChI=1S/C27H36N2O2/c1-3-5-7-20-9-13-26(30)22(15-20)18-28-24-11-12-25(17-24)29-19-23-16-21(8-6-4-2)10-14-27(23)31/h9-10,13-16,18-19,24-25,30-31H,3-8,11-12,17H2,1-2H3. The van der Waals surface area contributed by atoms with Gasteiger partial charge in [0, 0.05) is 23.6 Å². The second-order valence-electron chi connectivity index (χ2n) is 8.67. The molecule has 2 aromatic rings. The number of aromatic hydroxyl groups is 2. The molecule has 2 atom stereocenters. The summed E-state index contributed by atoms with van der Waals surface area (Å²) in [5.41, 5.74) is 4.09. The summed E-state index contributed by atoms with van der Waals surface area (Å²) in [4.78, 5) is 9.48. The fourth-order valence-corrected chi connectivity index (χ4v) is 4.06. The van der Waals surface area contributed by atoms with Gasteiger partial charge in [-0.15, -0.1) is 0 Å². The fourth-order valence-electron chi connectivity index (χ4n) is 4.06.